The summed E-state index contributed by atoms with van der Waals surface area (Å²) in [6, 6.07) is 9.39. The Hall–Kier alpha value is -2.28. The molecule has 3 rings (SSSR count). The van der Waals surface area contributed by atoms with Gasteiger partial charge in [-0.25, -0.2) is 4.39 Å². The Labute approximate surface area is 124 Å². The summed E-state index contributed by atoms with van der Waals surface area (Å²) in [6.45, 7) is 0.453. The highest BCUT2D eigenvalue weighted by molar-refractivity contribution is 7.99. The standard InChI is InChI=1S/C14H11FN2O3S/c15-10-3-5-11(6-4-10)18-8-9-21-14-17-16-13(20-14)12-2-1-7-19-12/h1-7H,8-9H2. The van der Waals surface area contributed by atoms with Gasteiger partial charge in [-0.05, 0) is 36.4 Å². The Morgan fingerprint density at radius 1 is 1.14 bits per heavy atom. The SMILES string of the molecule is Fc1ccc(OCCSc2nnc(-c3ccco3)o2)cc1. The van der Waals surface area contributed by atoms with Crippen LogP contribution in [0.3, 0.4) is 0 Å². The number of halogens is 1. The summed E-state index contributed by atoms with van der Waals surface area (Å²) >= 11 is 1.38. The topological polar surface area (TPSA) is 61.3 Å². The molecule has 0 saturated carbocycles. The number of nitrogens with zero attached hydrogens (tertiary/aromatic N) is 2. The largest absolute Gasteiger partial charge is 0.493 e. The zero-order chi connectivity index (χ0) is 14.5. The molecule has 0 atom stereocenters. The summed E-state index contributed by atoms with van der Waals surface area (Å²) in [4.78, 5) is 0. The first-order valence-electron chi connectivity index (χ1n) is 6.20. The van der Waals surface area contributed by atoms with E-state index in [-0.39, 0.29) is 5.82 Å². The normalized spacial score (nSPS) is 10.7. The number of thioether (sulfide) groups is 1. The number of hydrogen-bond acceptors (Lipinski definition) is 6. The number of ether oxygens (including phenoxy) is 1. The number of furan rings is 1. The van der Waals surface area contributed by atoms with Gasteiger partial charge in [-0.15, -0.1) is 10.2 Å². The predicted molar refractivity (Wildman–Crippen MR) is 74.6 cm³/mol. The van der Waals surface area contributed by atoms with E-state index >= 15 is 0 Å². The molecule has 0 spiro atoms. The third-order valence-electron chi connectivity index (χ3n) is 2.53. The van der Waals surface area contributed by atoms with Crippen LogP contribution in [0.15, 0.2) is 56.7 Å². The average molecular weight is 306 g/mol. The molecule has 7 heteroatoms. The zero-order valence-electron chi connectivity index (χ0n) is 10.9. The molecule has 0 amide bonds. The van der Waals surface area contributed by atoms with Gasteiger partial charge in [0, 0.05) is 5.75 Å². The first kappa shape index (κ1) is 13.7. The van der Waals surface area contributed by atoms with Crippen LogP contribution >= 0.6 is 11.8 Å². The van der Waals surface area contributed by atoms with Crippen LogP contribution in [0.5, 0.6) is 5.75 Å². The zero-order valence-corrected chi connectivity index (χ0v) is 11.7. The molecule has 2 heterocycles. The van der Waals surface area contributed by atoms with Crippen molar-refractivity contribution in [3.8, 4) is 17.4 Å². The van der Waals surface area contributed by atoms with E-state index in [9.17, 15) is 4.39 Å². The van der Waals surface area contributed by atoms with Crippen molar-refractivity contribution in [3.63, 3.8) is 0 Å². The lowest BCUT2D eigenvalue weighted by atomic mass is 10.3. The Kier molecular flexibility index (Phi) is 4.20. The molecule has 0 radical (unpaired) electrons. The van der Waals surface area contributed by atoms with E-state index in [1.807, 2.05) is 0 Å². The Morgan fingerprint density at radius 2 is 2.00 bits per heavy atom. The monoisotopic (exact) mass is 306 g/mol. The second kappa shape index (κ2) is 6.45. The number of rotatable bonds is 6. The van der Waals surface area contributed by atoms with Crippen LogP contribution in [0.2, 0.25) is 0 Å². The second-order valence-electron chi connectivity index (χ2n) is 4.00. The molecule has 0 N–H and O–H groups in total. The fourth-order valence-corrected chi connectivity index (χ4v) is 2.16. The van der Waals surface area contributed by atoms with Crippen molar-refractivity contribution in [2.24, 2.45) is 0 Å². The molecule has 0 aliphatic carbocycles. The van der Waals surface area contributed by atoms with Crippen molar-refractivity contribution in [1.82, 2.24) is 10.2 Å². The summed E-state index contributed by atoms with van der Waals surface area (Å²) in [7, 11) is 0. The van der Waals surface area contributed by atoms with E-state index in [0.29, 0.717) is 35.0 Å². The minimum atomic E-state index is -0.284. The number of hydrogen-bond donors (Lipinski definition) is 0. The first-order valence-corrected chi connectivity index (χ1v) is 7.18. The summed E-state index contributed by atoms with van der Waals surface area (Å²) < 4.78 is 28.8. The maximum absolute atomic E-state index is 12.7. The quantitative estimate of drug-likeness (QED) is 0.512. The summed E-state index contributed by atoms with van der Waals surface area (Å²) in [5, 5.41) is 8.25. The van der Waals surface area contributed by atoms with Gasteiger partial charge in [0.2, 0.25) is 0 Å². The van der Waals surface area contributed by atoms with Crippen LogP contribution in [-0.2, 0) is 0 Å². The van der Waals surface area contributed by atoms with Gasteiger partial charge in [-0.3, -0.25) is 0 Å². The van der Waals surface area contributed by atoms with Crippen LogP contribution in [0.25, 0.3) is 11.7 Å². The summed E-state index contributed by atoms with van der Waals surface area (Å²) in [5.74, 6) is 1.86. The van der Waals surface area contributed by atoms with Crippen molar-refractivity contribution in [2.75, 3.05) is 12.4 Å². The maximum atomic E-state index is 12.7. The molecular weight excluding hydrogens is 295 g/mol. The van der Waals surface area contributed by atoms with Gasteiger partial charge < -0.3 is 13.6 Å². The lowest BCUT2D eigenvalue weighted by molar-refractivity contribution is 0.342. The highest BCUT2D eigenvalue weighted by Gasteiger charge is 2.10. The first-order chi connectivity index (χ1) is 10.3. The van der Waals surface area contributed by atoms with E-state index in [1.165, 1.54) is 23.9 Å². The van der Waals surface area contributed by atoms with Gasteiger partial charge in [0.05, 0.1) is 12.9 Å². The van der Waals surface area contributed by atoms with Gasteiger partial charge in [0.25, 0.3) is 11.1 Å². The van der Waals surface area contributed by atoms with Gasteiger partial charge in [-0.1, -0.05) is 11.8 Å². The minimum Gasteiger partial charge on any atom is -0.493 e. The molecule has 0 bridgehead atoms. The fraction of sp³-hybridized carbons (Fsp3) is 0.143. The maximum Gasteiger partial charge on any atom is 0.284 e. The van der Waals surface area contributed by atoms with Gasteiger partial charge in [0.1, 0.15) is 11.6 Å². The molecule has 0 unspecified atom stereocenters. The van der Waals surface area contributed by atoms with Crippen molar-refractivity contribution >= 4 is 11.8 Å². The molecule has 5 nitrogen and oxygen atoms in total. The van der Waals surface area contributed by atoms with Gasteiger partial charge in [0.15, 0.2) is 5.76 Å². The van der Waals surface area contributed by atoms with Crippen molar-refractivity contribution in [2.45, 2.75) is 5.22 Å². The van der Waals surface area contributed by atoms with E-state index in [1.54, 1.807) is 30.5 Å². The van der Waals surface area contributed by atoms with E-state index in [4.69, 9.17) is 13.6 Å². The van der Waals surface area contributed by atoms with Crippen LogP contribution in [0.4, 0.5) is 4.39 Å². The fourth-order valence-electron chi connectivity index (χ4n) is 1.59. The van der Waals surface area contributed by atoms with Crippen molar-refractivity contribution < 1.29 is 18.0 Å². The number of aromatic nitrogens is 2. The van der Waals surface area contributed by atoms with E-state index in [0.717, 1.165) is 0 Å². The molecular formula is C14H11FN2O3S. The minimum absolute atomic E-state index is 0.284. The third-order valence-corrected chi connectivity index (χ3v) is 3.31. The molecule has 0 aliphatic heterocycles. The molecule has 108 valence electrons. The van der Waals surface area contributed by atoms with Gasteiger partial charge >= 0.3 is 0 Å². The molecule has 0 fully saturated rings. The highest BCUT2D eigenvalue weighted by Crippen LogP contribution is 2.23. The van der Waals surface area contributed by atoms with E-state index in [2.05, 4.69) is 10.2 Å². The average Bonchev–Trinajstić information content (AvgIpc) is 3.16. The smallest absolute Gasteiger partial charge is 0.284 e. The molecule has 0 aliphatic rings. The van der Waals surface area contributed by atoms with Gasteiger partial charge in [-0.2, -0.15) is 0 Å². The Bertz CT molecular complexity index is 683. The van der Waals surface area contributed by atoms with E-state index < -0.39 is 0 Å². The molecule has 21 heavy (non-hydrogen) atoms. The molecule has 0 saturated heterocycles. The summed E-state index contributed by atoms with van der Waals surface area (Å²) in [5.41, 5.74) is 0. The molecule has 2 aromatic heterocycles. The predicted octanol–water partition coefficient (Wildman–Crippen LogP) is 3.64. The highest BCUT2D eigenvalue weighted by atomic mass is 32.2. The lowest BCUT2D eigenvalue weighted by Gasteiger charge is -2.04. The van der Waals surface area contributed by atoms with Crippen molar-refractivity contribution in [3.05, 3.63) is 48.5 Å². The summed E-state index contributed by atoms with van der Waals surface area (Å²) in [6.07, 6.45) is 1.54. The van der Waals surface area contributed by atoms with Crippen LogP contribution in [0.1, 0.15) is 0 Å². The van der Waals surface area contributed by atoms with Crippen molar-refractivity contribution in [1.29, 1.82) is 0 Å². The second-order valence-corrected chi connectivity index (χ2v) is 5.05. The lowest BCUT2D eigenvalue weighted by Crippen LogP contribution is -1.99. The Balaban J connectivity index is 1.46. The molecule has 3 aromatic rings. The van der Waals surface area contributed by atoms with Crippen LogP contribution < -0.4 is 4.74 Å². The number of benzene rings is 1. The van der Waals surface area contributed by atoms with Crippen LogP contribution in [-0.4, -0.2) is 22.6 Å². The molecule has 1 aromatic carbocycles. The van der Waals surface area contributed by atoms with Crippen LogP contribution in [0, 0.1) is 5.82 Å². The third kappa shape index (κ3) is 3.63. The Morgan fingerprint density at radius 3 is 2.76 bits per heavy atom.